The van der Waals surface area contributed by atoms with Gasteiger partial charge in [0.15, 0.2) is 0 Å². The molecular weight excluding hydrogens is 364 g/mol. The van der Waals surface area contributed by atoms with Crippen molar-refractivity contribution >= 4 is 0 Å². The SMILES string of the molecule is C=CCCCCCCCCCCCCCCCC.CCOCC.OCC(O)CO. The molecule has 0 unspecified atom stereocenters. The molecule has 0 aromatic carbocycles. The first-order chi connectivity index (χ1) is 14.1. The Balaban J connectivity index is -0.000000502. The van der Waals surface area contributed by atoms with Crippen LogP contribution >= 0.6 is 0 Å². The van der Waals surface area contributed by atoms with Crippen LogP contribution in [0.25, 0.3) is 0 Å². The largest absolute Gasteiger partial charge is 0.394 e. The number of rotatable bonds is 19. The average molecular weight is 419 g/mol. The Bertz CT molecular complexity index is 253. The molecule has 0 aliphatic rings. The summed E-state index contributed by atoms with van der Waals surface area (Å²) in [7, 11) is 0. The van der Waals surface area contributed by atoms with E-state index in [9.17, 15) is 0 Å². The molecular formula is C25H54O4. The highest BCUT2D eigenvalue weighted by molar-refractivity contribution is 4.65. The topological polar surface area (TPSA) is 69.9 Å². The van der Waals surface area contributed by atoms with Crippen LogP contribution in [0.15, 0.2) is 12.7 Å². The van der Waals surface area contributed by atoms with E-state index in [4.69, 9.17) is 20.1 Å². The molecule has 0 bridgehead atoms. The van der Waals surface area contributed by atoms with Crippen LogP contribution in [-0.2, 0) is 4.74 Å². The van der Waals surface area contributed by atoms with Gasteiger partial charge in [0.2, 0.25) is 0 Å². The molecule has 0 aromatic rings. The zero-order valence-electron chi connectivity index (χ0n) is 20.0. The van der Waals surface area contributed by atoms with Crippen molar-refractivity contribution in [2.24, 2.45) is 0 Å². The fourth-order valence-electron chi connectivity index (χ4n) is 2.75. The summed E-state index contributed by atoms with van der Waals surface area (Å²) in [5.74, 6) is 0. The maximum Gasteiger partial charge on any atom is 0.100 e. The van der Waals surface area contributed by atoms with E-state index >= 15 is 0 Å². The Labute approximate surface area is 182 Å². The van der Waals surface area contributed by atoms with Gasteiger partial charge in [-0.15, -0.1) is 6.58 Å². The van der Waals surface area contributed by atoms with Crippen molar-refractivity contribution in [1.82, 2.24) is 0 Å². The second-order valence-corrected chi connectivity index (χ2v) is 7.47. The highest BCUT2D eigenvalue weighted by atomic mass is 16.5. The summed E-state index contributed by atoms with van der Waals surface area (Å²) in [5, 5.41) is 24.0. The molecule has 0 aliphatic heterocycles. The van der Waals surface area contributed by atoms with Gasteiger partial charge in [0, 0.05) is 13.2 Å². The Morgan fingerprint density at radius 3 is 1.21 bits per heavy atom. The fourth-order valence-corrected chi connectivity index (χ4v) is 2.75. The van der Waals surface area contributed by atoms with E-state index in [2.05, 4.69) is 13.5 Å². The summed E-state index contributed by atoms with van der Waals surface area (Å²) in [5.41, 5.74) is 0. The van der Waals surface area contributed by atoms with Crippen molar-refractivity contribution in [2.45, 2.75) is 123 Å². The van der Waals surface area contributed by atoms with Gasteiger partial charge in [0.25, 0.3) is 0 Å². The minimum absolute atomic E-state index is 0.365. The number of unbranched alkanes of at least 4 members (excludes halogenated alkanes) is 14. The third-order valence-corrected chi connectivity index (χ3v) is 4.59. The fraction of sp³-hybridized carbons (Fsp3) is 0.920. The molecule has 0 atom stereocenters. The normalized spacial score (nSPS) is 10.2. The number of hydrogen-bond acceptors (Lipinski definition) is 4. The standard InChI is InChI=1S/C18H36.C4H10O.C3H8O3/c1-3-5-7-9-11-13-15-17-18-16-14-12-10-8-6-4-2;1-3-5-4-2;4-1-3(6)2-5/h3H,1,4-18H2,2H3;3-4H2,1-2H3;3-6H,1-2H2. The van der Waals surface area contributed by atoms with Crippen LogP contribution in [0.5, 0.6) is 0 Å². The third kappa shape index (κ3) is 42.6. The number of ether oxygens (including phenoxy) is 1. The average Bonchev–Trinajstić information content (AvgIpc) is 2.75. The second-order valence-electron chi connectivity index (χ2n) is 7.47. The van der Waals surface area contributed by atoms with Crippen molar-refractivity contribution in [3.8, 4) is 0 Å². The minimum Gasteiger partial charge on any atom is -0.394 e. The van der Waals surface area contributed by atoms with E-state index in [-0.39, 0.29) is 13.2 Å². The molecule has 0 fully saturated rings. The first-order valence-corrected chi connectivity index (χ1v) is 12.2. The van der Waals surface area contributed by atoms with Crippen molar-refractivity contribution in [1.29, 1.82) is 0 Å². The van der Waals surface area contributed by atoms with Crippen LogP contribution in [0.2, 0.25) is 0 Å². The smallest absolute Gasteiger partial charge is 0.100 e. The molecule has 178 valence electrons. The lowest BCUT2D eigenvalue weighted by Crippen LogP contribution is -2.15. The van der Waals surface area contributed by atoms with E-state index in [0.29, 0.717) is 0 Å². The molecule has 4 nitrogen and oxygen atoms in total. The van der Waals surface area contributed by atoms with Crippen LogP contribution in [0.3, 0.4) is 0 Å². The summed E-state index contributed by atoms with van der Waals surface area (Å²) in [6, 6.07) is 0. The number of allylic oxidation sites excluding steroid dienone is 1. The van der Waals surface area contributed by atoms with Crippen LogP contribution < -0.4 is 0 Å². The van der Waals surface area contributed by atoms with Gasteiger partial charge in [0.05, 0.1) is 13.2 Å². The summed E-state index contributed by atoms with van der Waals surface area (Å²) in [6.45, 7) is 11.0. The molecule has 0 radical (unpaired) electrons. The molecule has 0 saturated heterocycles. The van der Waals surface area contributed by atoms with Crippen LogP contribution in [0.4, 0.5) is 0 Å². The third-order valence-electron chi connectivity index (χ3n) is 4.59. The highest BCUT2D eigenvalue weighted by Crippen LogP contribution is 2.13. The van der Waals surface area contributed by atoms with Gasteiger partial charge in [-0.1, -0.05) is 96.5 Å². The van der Waals surface area contributed by atoms with Gasteiger partial charge in [-0.05, 0) is 26.7 Å². The van der Waals surface area contributed by atoms with Crippen molar-refractivity contribution in [2.75, 3.05) is 26.4 Å². The Morgan fingerprint density at radius 1 is 0.655 bits per heavy atom. The van der Waals surface area contributed by atoms with Gasteiger partial charge in [-0.25, -0.2) is 0 Å². The number of aliphatic hydroxyl groups excluding tert-OH is 3. The lowest BCUT2D eigenvalue weighted by atomic mass is 10.0. The zero-order chi connectivity index (χ0) is 22.4. The quantitative estimate of drug-likeness (QED) is 0.167. The van der Waals surface area contributed by atoms with Crippen LogP contribution in [-0.4, -0.2) is 47.9 Å². The Morgan fingerprint density at radius 2 is 1.00 bits per heavy atom. The lowest BCUT2D eigenvalue weighted by molar-refractivity contribution is 0.0450. The van der Waals surface area contributed by atoms with Gasteiger partial charge in [-0.3, -0.25) is 0 Å². The first kappa shape index (κ1) is 33.2. The van der Waals surface area contributed by atoms with Gasteiger partial charge < -0.3 is 20.1 Å². The minimum atomic E-state index is -0.954. The van der Waals surface area contributed by atoms with Crippen molar-refractivity contribution < 1.29 is 20.1 Å². The lowest BCUT2D eigenvalue weighted by Gasteiger charge is -2.02. The van der Waals surface area contributed by atoms with Gasteiger partial charge >= 0.3 is 0 Å². The second kappa shape index (κ2) is 35.0. The van der Waals surface area contributed by atoms with E-state index in [1.165, 1.54) is 96.3 Å². The van der Waals surface area contributed by atoms with Crippen molar-refractivity contribution in [3.05, 3.63) is 12.7 Å². The Kier molecular flexibility index (Phi) is 40.1. The van der Waals surface area contributed by atoms with E-state index in [1.54, 1.807) is 0 Å². The molecule has 0 aromatic heterocycles. The zero-order valence-corrected chi connectivity index (χ0v) is 20.0. The van der Waals surface area contributed by atoms with Crippen LogP contribution in [0, 0.1) is 0 Å². The Hall–Kier alpha value is -0.420. The van der Waals surface area contributed by atoms with Gasteiger partial charge in [-0.2, -0.15) is 0 Å². The first-order valence-electron chi connectivity index (χ1n) is 12.2. The predicted octanol–water partition coefficient (Wildman–Crippen LogP) is 6.42. The van der Waals surface area contributed by atoms with E-state index < -0.39 is 6.10 Å². The molecule has 0 spiro atoms. The molecule has 29 heavy (non-hydrogen) atoms. The van der Waals surface area contributed by atoms with E-state index in [0.717, 1.165) is 13.2 Å². The summed E-state index contributed by atoms with van der Waals surface area (Å²) >= 11 is 0. The molecule has 0 heterocycles. The number of aliphatic hydroxyl groups is 3. The van der Waals surface area contributed by atoms with Crippen LogP contribution in [0.1, 0.15) is 117 Å². The molecule has 4 heteroatoms. The summed E-state index contributed by atoms with van der Waals surface area (Å²) < 4.78 is 4.83. The molecule has 0 amide bonds. The molecule has 0 aliphatic carbocycles. The summed E-state index contributed by atoms with van der Waals surface area (Å²) in [6.07, 6.45) is 22.5. The predicted molar refractivity (Wildman–Crippen MR) is 127 cm³/mol. The van der Waals surface area contributed by atoms with Gasteiger partial charge in [0.1, 0.15) is 6.10 Å². The highest BCUT2D eigenvalue weighted by Gasteiger charge is 1.94. The molecule has 3 N–H and O–H groups in total. The molecule has 0 saturated carbocycles. The maximum absolute atomic E-state index is 8.17. The van der Waals surface area contributed by atoms with E-state index in [1.807, 2.05) is 19.9 Å². The van der Waals surface area contributed by atoms with Crippen molar-refractivity contribution in [3.63, 3.8) is 0 Å². The number of hydrogen-bond donors (Lipinski definition) is 3. The monoisotopic (exact) mass is 418 g/mol. The summed E-state index contributed by atoms with van der Waals surface area (Å²) in [4.78, 5) is 0. The molecule has 0 rings (SSSR count). The maximum atomic E-state index is 8.17.